The van der Waals surface area contributed by atoms with Gasteiger partial charge in [0.05, 0.1) is 0 Å². The van der Waals surface area contributed by atoms with E-state index in [-0.39, 0.29) is 0 Å². The van der Waals surface area contributed by atoms with E-state index >= 15 is 0 Å². The molecule has 1 aliphatic heterocycles. The SMILES string of the molecule is CCCCc1nnc2n1CC(N)CC2. The van der Waals surface area contributed by atoms with Gasteiger partial charge in [0.2, 0.25) is 0 Å². The van der Waals surface area contributed by atoms with Crippen molar-refractivity contribution in [3.8, 4) is 0 Å². The first kappa shape index (κ1) is 9.65. The molecule has 0 aliphatic carbocycles. The Morgan fingerprint density at radius 2 is 2.36 bits per heavy atom. The van der Waals surface area contributed by atoms with Crippen LogP contribution >= 0.6 is 0 Å². The molecule has 2 heterocycles. The van der Waals surface area contributed by atoms with Crippen molar-refractivity contribution >= 4 is 0 Å². The lowest BCUT2D eigenvalue weighted by molar-refractivity contribution is 0.442. The molecule has 0 bridgehead atoms. The van der Waals surface area contributed by atoms with Crippen LogP contribution in [0.25, 0.3) is 0 Å². The van der Waals surface area contributed by atoms with Crippen LogP contribution in [-0.4, -0.2) is 20.8 Å². The standard InChI is InChI=1S/C10H18N4/c1-2-3-4-9-12-13-10-6-5-8(11)7-14(9)10/h8H,2-7,11H2,1H3. The summed E-state index contributed by atoms with van der Waals surface area (Å²) in [6.45, 7) is 3.10. The van der Waals surface area contributed by atoms with Crippen LogP contribution in [0.4, 0.5) is 0 Å². The van der Waals surface area contributed by atoms with Crippen molar-refractivity contribution in [2.75, 3.05) is 0 Å². The van der Waals surface area contributed by atoms with Crippen LogP contribution in [0.2, 0.25) is 0 Å². The van der Waals surface area contributed by atoms with Crippen LogP contribution in [0.15, 0.2) is 0 Å². The van der Waals surface area contributed by atoms with Crippen molar-refractivity contribution in [1.82, 2.24) is 14.8 Å². The minimum absolute atomic E-state index is 0.291. The predicted octanol–water partition coefficient (Wildman–Crippen LogP) is 0.894. The Bertz CT molecular complexity index is 305. The topological polar surface area (TPSA) is 56.7 Å². The second kappa shape index (κ2) is 4.09. The molecule has 1 unspecified atom stereocenters. The Hall–Kier alpha value is -0.900. The fourth-order valence-corrected chi connectivity index (χ4v) is 1.93. The number of rotatable bonds is 3. The molecule has 0 spiro atoms. The molecule has 1 aliphatic rings. The van der Waals surface area contributed by atoms with Gasteiger partial charge in [-0.2, -0.15) is 0 Å². The Kier molecular flexibility index (Phi) is 2.82. The lowest BCUT2D eigenvalue weighted by atomic mass is 10.1. The second-order valence-corrected chi connectivity index (χ2v) is 4.05. The van der Waals surface area contributed by atoms with E-state index in [9.17, 15) is 0 Å². The molecule has 0 saturated carbocycles. The van der Waals surface area contributed by atoms with Gasteiger partial charge in [0.15, 0.2) is 0 Å². The number of fused-ring (bicyclic) bond motifs is 1. The van der Waals surface area contributed by atoms with E-state index < -0.39 is 0 Å². The number of unbranched alkanes of at least 4 members (excludes halogenated alkanes) is 1. The maximum Gasteiger partial charge on any atom is 0.133 e. The molecule has 1 aromatic rings. The molecule has 1 aromatic heterocycles. The summed E-state index contributed by atoms with van der Waals surface area (Å²) in [6.07, 6.45) is 5.46. The Labute approximate surface area is 84.5 Å². The van der Waals surface area contributed by atoms with Gasteiger partial charge in [0, 0.05) is 25.4 Å². The monoisotopic (exact) mass is 194 g/mol. The third kappa shape index (κ3) is 1.80. The van der Waals surface area contributed by atoms with E-state index in [0.29, 0.717) is 6.04 Å². The lowest BCUT2D eigenvalue weighted by Crippen LogP contribution is -2.32. The van der Waals surface area contributed by atoms with Crippen LogP contribution in [0.1, 0.15) is 37.8 Å². The molecule has 0 saturated heterocycles. The predicted molar refractivity (Wildman–Crippen MR) is 54.9 cm³/mol. The summed E-state index contributed by atoms with van der Waals surface area (Å²) in [5.74, 6) is 2.25. The van der Waals surface area contributed by atoms with Crippen molar-refractivity contribution < 1.29 is 0 Å². The van der Waals surface area contributed by atoms with Gasteiger partial charge in [-0.25, -0.2) is 0 Å². The number of nitrogens with zero attached hydrogens (tertiary/aromatic N) is 3. The van der Waals surface area contributed by atoms with Crippen LogP contribution in [0.3, 0.4) is 0 Å². The molecule has 4 heteroatoms. The van der Waals surface area contributed by atoms with Gasteiger partial charge in [-0.1, -0.05) is 13.3 Å². The molecule has 0 aromatic carbocycles. The third-order valence-electron chi connectivity index (χ3n) is 2.81. The van der Waals surface area contributed by atoms with Crippen molar-refractivity contribution in [2.45, 2.75) is 51.6 Å². The maximum absolute atomic E-state index is 5.93. The fraction of sp³-hybridized carbons (Fsp3) is 0.800. The van der Waals surface area contributed by atoms with Gasteiger partial charge in [-0.3, -0.25) is 0 Å². The number of aromatic nitrogens is 3. The molecule has 2 rings (SSSR count). The van der Waals surface area contributed by atoms with E-state index in [2.05, 4.69) is 21.7 Å². The zero-order chi connectivity index (χ0) is 9.97. The fourth-order valence-electron chi connectivity index (χ4n) is 1.93. The summed E-state index contributed by atoms with van der Waals surface area (Å²) in [5.41, 5.74) is 5.93. The molecule has 0 amide bonds. The van der Waals surface area contributed by atoms with E-state index in [4.69, 9.17) is 5.73 Å². The van der Waals surface area contributed by atoms with Crippen molar-refractivity contribution in [1.29, 1.82) is 0 Å². The molecule has 14 heavy (non-hydrogen) atoms. The van der Waals surface area contributed by atoms with Gasteiger partial charge < -0.3 is 10.3 Å². The molecule has 2 N–H and O–H groups in total. The highest BCUT2D eigenvalue weighted by Crippen LogP contribution is 2.14. The summed E-state index contributed by atoms with van der Waals surface area (Å²) in [4.78, 5) is 0. The highest BCUT2D eigenvalue weighted by Gasteiger charge is 2.19. The first-order chi connectivity index (χ1) is 6.81. The summed E-state index contributed by atoms with van der Waals surface area (Å²) >= 11 is 0. The van der Waals surface area contributed by atoms with Gasteiger partial charge in [0.1, 0.15) is 11.6 Å². The summed E-state index contributed by atoms with van der Waals surface area (Å²) in [5, 5.41) is 8.43. The smallest absolute Gasteiger partial charge is 0.133 e. The Balaban J connectivity index is 2.13. The molecular formula is C10H18N4. The average Bonchev–Trinajstić information content (AvgIpc) is 2.57. The largest absolute Gasteiger partial charge is 0.326 e. The minimum Gasteiger partial charge on any atom is -0.326 e. The number of hydrogen-bond acceptors (Lipinski definition) is 3. The zero-order valence-corrected chi connectivity index (χ0v) is 8.74. The maximum atomic E-state index is 5.93. The van der Waals surface area contributed by atoms with E-state index in [1.807, 2.05) is 0 Å². The van der Waals surface area contributed by atoms with E-state index in [1.165, 1.54) is 12.8 Å². The van der Waals surface area contributed by atoms with Crippen LogP contribution in [0, 0.1) is 0 Å². The molecule has 78 valence electrons. The van der Waals surface area contributed by atoms with Crippen LogP contribution in [0.5, 0.6) is 0 Å². The highest BCUT2D eigenvalue weighted by molar-refractivity contribution is 5.01. The Morgan fingerprint density at radius 3 is 3.14 bits per heavy atom. The summed E-state index contributed by atoms with van der Waals surface area (Å²) in [7, 11) is 0. The quantitative estimate of drug-likeness (QED) is 0.777. The van der Waals surface area contributed by atoms with Crippen molar-refractivity contribution in [3.63, 3.8) is 0 Å². The molecule has 0 fully saturated rings. The number of hydrogen-bond donors (Lipinski definition) is 1. The van der Waals surface area contributed by atoms with E-state index in [0.717, 1.165) is 37.5 Å². The van der Waals surface area contributed by atoms with Gasteiger partial charge in [-0.05, 0) is 12.8 Å². The highest BCUT2D eigenvalue weighted by atomic mass is 15.3. The van der Waals surface area contributed by atoms with Crippen LogP contribution < -0.4 is 5.73 Å². The lowest BCUT2D eigenvalue weighted by Gasteiger charge is -2.20. The van der Waals surface area contributed by atoms with Gasteiger partial charge in [-0.15, -0.1) is 10.2 Å². The average molecular weight is 194 g/mol. The van der Waals surface area contributed by atoms with Crippen molar-refractivity contribution in [2.24, 2.45) is 5.73 Å². The summed E-state index contributed by atoms with van der Waals surface area (Å²) < 4.78 is 2.21. The molecular weight excluding hydrogens is 176 g/mol. The minimum atomic E-state index is 0.291. The van der Waals surface area contributed by atoms with Crippen LogP contribution in [-0.2, 0) is 19.4 Å². The second-order valence-electron chi connectivity index (χ2n) is 4.05. The van der Waals surface area contributed by atoms with E-state index in [1.54, 1.807) is 0 Å². The first-order valence-electron chi connectivity index (χ1n) is 5.47. The number of nitrogens with two attached hydrogens (primary N) is 1. The molecule has 1 atom stereocenters. The molecule has 4 nitrogen and oxygen atoms in total. The first-order valence-corrected chi connectivity index (χ1v) is 5.47. The van der Waals surface area contributed by atoms with Gasteiger partial charge in [0.25, 0.3) is 0 Å². The zero-order valence-electron chi connectivity index (χ0n) is 8.74. The third-order valence-corrected chi connectivity index (χ3v) is 2.81. The molecule has 0 radical (unpaired) electrons. The van der Waals surface area contributed by atoms with Crippen molar-refractivity contribution in [3.05, 3.63) is 11.6 Å². The number of aryl methyl sites for hydroxylation is 2. The summed E-state index contributed by atoms with van der Waals surface area (Å²) in [6, 6.07) is 0.291. The normalized spacial score (nSPS) is 20.9. The van der Waals surface area contributed by atoms with Gasteiger partial charge >= 0.3 is 0 Å². The Morgan fingerprint density at radius 1 is 1.50 bits per heavy atom.